The van der Waals surface area contributed by atoms with E-state index in [4.69, 9.17) is 10.5 Å². The van der Waals surface area contributed by atoms with E-state index in [-0.39, 0.29) is 0 Å². The Balaban J connectivity index is 2.16. The molecule has 2 aromatic rings. The smallest absolute Gasteiger partial charge is 0.126 e. The van der Waals surface area contributed by atoms with Crippen molar-refractivity contribution in [2.45, 2.75) is 39.2 Å². The summed E-state index contributed by atoms with van der Waals surface area (Å²) in [4.78, 5) is 7.70. The van der Waals surface area contributed by atoms with Gasteiger partial charge in [-0.3, -0.25) is 0 Å². The SMILES string of the molecule is CCCOc1ccc(-c2cnc(C(C)(N)CC)[nH]2)cc1. The molecule has 2 rings (SSSR count). The van der Waals surface area contributed by atoms with E-state index < -0.39 is 5.54 Å². The molecule has 0 spiro atoms. The first-order valence-electron chi connectivity index (χ1n) is 7.14. The quantitative estimate of drug-likeness (QED) is 0.847. The maximum atomic E-state index is 6.19. The summed E-state index contributed by atoms with van der Waals surface area (Å²) in [6.45, 7) is 6.88. The molecule has 20 heavy (non-hydrogen) atoms. The minimum absolute atomic E-state index is 0.414. The fraction of sp³-hybridized carbons (Fsp3) is 0.438. The van der Waals surface area contributed by atoms with Gasteiger partial charge in [-0.2, -0.15) is 0 Å². The van der Waals surface area contributed by atoms with Crippen LogP contribution < -0.4 is 10.5 Å². The van der Waals surface area contributed by atoms with Crippen LogP contribution in [0.5, 0.6) is 5.75 Å². The molecule has 0 bridgehead atoms. The van der Waals surface area contributed by atoms with Crippen LogP contribution in [0.1, 0.15) is 39.4 Å². The van der Waals surface area contributed by atoms with Crippen molar-refractivity contribution in [3.05, 3.63) is 36.3 Å². The summed E-state index contributed by atoms with van der Waals surface area (Å²) in [6, 6.07) is 8.02. The number of ether oxygens (including phenoxy) is 1. The normalized spacial score (nSPS) is 14.0. The Morgan fingerprint density at radius 3 is 2.55 bits per heavy atom. The van der Waals surface area contributed by atoms with Crippen LogP contribution in [0, 0.1) is 0 Å². The third-order valence-corrected chi connectivity index (χ3v) is 3.49. The minimum Gasteiger partial charge on any atom is -0.494 e. The second-order valence-corrected chi connectivity index (χ2v) is 5.29. The van der Waals surface area contributed by atoms with Crippen molar-refractivity contribution < 1.29 is 4.74 Å². The molecular weight excluding hydrogens is 250 g/mol. The molecule has 4 heteroatoms. The van der Waals surface area contributed by atoms with Gasteiger partial charge in [-0.15, -0.1) is 0 Å². The number of H-pyrrole nitrogens is 1. The molecule has 0 fully saturated rings. The Bertz CT molecular complexity index is 543. The minimum atomic E-state index is -0.414. The van der Waals surface area contributed by atoms with Gasteiger partial charge in [-0.05, 0) is 49.6 Å². The molecule has 0 aliphatic rings. The summed E-state index contributed by atoms with van der Waals surface area (Å²) in [5.41, 5.74) is 7.84. The second-order valence-electron chi connectivity index (χ2n) is 5.29. The molecule has 0 amide bonds. The third kappa shape index (κ3) is 3.20. The Morgan fingerprint density at radius 1 is 1.25 bits per heavy atom. The highest BCUT2D eigenvalue weighted by molar-refractivity contribution is 5.59. The van der Waals surface area contributed by atoms with Gasteiger partial charge in [0.2, 0.25) is 0 Å². The van der Waals surface area contributed by atoms with Crippen molar-refractivity contribution in [2.75, 3.05) is 6.61 Å². The van der Waals surface area contributed by atoms with Crippen LogP contribution in [0.3, 0.4) is 0 Å². The lowest BCUT2D eigenvalue weighted by Gasteiger charge is -2.19. The highest BCUT2D eigenvalue weighted by Gasteiger charge is 2.22. The van der Waals surface area contributed by atoms with Crippen LogP contribution in [0.25, 0.3) is 11.3 Å². The van der Waals surface area contributed by atoms with Crippen LogP contribution in [0.2, 0.25) is 0 Å². The maximum Gasteiger partial charge on any atom is 0.126 e. The molecule has 0 aliphatic heterocycles. The predicted octanol–water partition coefficient (Wildman–Crippen LogP) is 3.45. The standard InChI is InChI=1S/C16H23N3O/c1-4-10-20-13-8-6-12(7-9-13)14-11-18-15(19-14)16(3,17)5-2/h6-9,11H,4-5,10,17H2,1-3H3,(H,18,19). The number of rotatable bonds is 6. The lowest BCUT2D eigenvalue weighted by atomic mass is 10.00. The average Bonchev–Trinajstić information content (AvgIpc) is 2.96. The molecule has 4 nitrogen and oxygen atoms in total. The fourth-order valence-corrected chi connectivity index (χ4v) is 1.88. The van der Waals surface area contributed by atoms with Gasteiger partial charge >= 0.3 is 0 Å². The van der Waals surface area contributed by atoms with Crippen molar-refractivity contribution in [3.8, 4) is 17.0 Å². The van der Waals surface area contributed by atoms with E-state index in [0.717, 1.165) is 42.3 Å². The Morgan fingerprint density at radius 2 is 1.95 bits per heavy atom. The number of hydrogen-bond donors (Lipinski definition) is 2. The monoisotopic (exact) mass is 273 g/mol. The molecule has 1 aromatic carbocycles. The van der Waals surface area contributed by atoms with E-state index in [1.165, 1.54) is 0 Å². The van der Waals surface area contributed by atoms with Crippen LogP contribution in [-0.2, 0) is 5.54 Å². The van der Waals surface area contributed by atoms with Gasteiger partial charge in [-0.25, -0.2) is 4.98 Å². The van der Waals surface area contributed by atoms with Crippen molar-refractivity contribution in [1.82, 2.24) is 9.97 Å². The topological polar surface area (TPSA) is 63.9 Å². The van der Waals surface area contributed by atoms with Crippen LogP contribution in [-0.4, -0.2) is 16.6 Å². The first kappa shape index (κ1) is 14.6. The van der Waals surface area contributed by atoms with Gasteiger partial charge in [0, 0.05) is 0 Å². The summed E-state index contributed by atoms with van der Waals surface area (Å²) in [5, 5.41) is 0. The van der Waals surface area contributed by atoms with Crippen LogP contribution in [0.4, 0.5) is 0 Å². The Kier molecular flexibility index (Phi) is 4.45. The van der Waals surface area contributed by atoms with Gasteiger partial charge in [0.05, 0.1) is 24.0 Å². The van der Waals surface area contributed by atoms with Crippen molar-refractivity contribution in [3.63, 3.8) is 0 Å². The highest BCUT2D eigenvalue weighted by atomic mass is 16.5. The number of benzene rings is 1. The van der Waals surface area contributed by atoms with Gasteiger partial charge in [0.25, 0.3) is 0 Å². The summed E-state index contributed by atoms with van der Waals surface area (Å²) in [5.74, 6) is 1.72. The predicted molar refractivity (Wildman–Crippen MR) is 81.6 cm³/mol. The lowest BCUT2D eigenvalue weighted by molar-refractivity contribution is 0.317. The largest absolute Gasteiger partial charge is 0.494 e. The van der Waals surface area contributed by atoms with Crippen molar-refractivity contribution in [2.24, 2.45) is 5.73 Å². The van der Waals surface area contributed by atoms with E-state index in [0.29, 0.717) is 0 Å². The van der Waals surface area contributed by atoms with E-state index in [2.05, 4.69) is 23.8 Å². The fourth-order valence-electron chi connectivity index (χ4n) is 1.88. The van der Waals surface area contributed by atoms with Crippen LogP contribution in [0.15, 0.2) is 30.5 Å². The summed E-state index contributed by atoms with van der Waals surface area (Å²) < 4.78 is 5.58. The zero-order valence-corrected chi connectivity index (χ0v) is 12.4. The van der Waals surface area contributed by atoms with Gasteiger partial charge in [-0.1, -0.05) is 13.8 Å². The number of nitrogens with zero attached hydrogens (tertiary/aromatic N) is 1. The lowest BCUT2D eigenvalue weighted by Crippen LogP contribution is -2.33. The number of aromatic nitrogens is 2. The summed E-state index contributed by atoms with van der Waals surface area (Å²) in [6.07, 6.45) is 3.68. The number of imidazole rings is 1. The summed E-state index contributed by atoms with van der Waals surface area (Å²) in [7, 11) is 0. The molecule has 1 unspecified atom stereocenters. The first-order valence-corrected chi connectivity index (χ1v) is 7.14. The zero-order chi connectivity index (χ0) is 14.6. The molecule has 1 heterocycles. The number of hydrogen-bond acceptors (Lipinski definition) is 3. The van der Waals surface area contributed by atoms with E-state index in [1.807, 2.05) is 37.4 Å². The number of nitrogens with one attached hydrogen (secondary N) is 1. The maximum absolute atomic E-state index is 6.19. The number of aromatic amines is 1. The molecule has 1 atom stereocenters. The molecule has 108 valence electrons. The molecular formula is C16H23N3O. The first-order chi connectivity index (χ1) is 9.56. The van der Waals surface area contributed by atoms with E-state index in [9.17, 15) is 0 Å². The van der Waals surface area contributed by atoms with Gasteiger partial charge in [0.15, 0.2) is 0 Å². The van der Waals surface area contributed by atoms with Crippen LogP contribution >= 0.6 is 0 Å². The molecule has 0 aliphatic carbocycles. The Hall–Kier alpha value is -1.81. The molecule has 0 saturated heterocycles. The van der Waals surface area contributed by atoms with E-state index in [1.54, 1.807) is 0 Å². The van der Waals surface area contributed by atoms with Gasteiger partial charge < -0.3 is 15.5 Å². The Labute approximate surface area is 120 Å². The molecule has 3 N–H and O–H groups in total. The molecule has 0 radical (unpaired) electrons. The van der Waals surface area contributed by atoms with Crippen molar-refractivity contribution >= 4 is 0 Å². The van der Waals surface area contributed by atoms with E-state index >= 15 is 0 Å². The van der Waals surface area contributed by atoms with Gasteiger partial charge in [0.1, 0.15) is 11.6 Å². The van der Waals surface area contributed by atoms with Crippen molar-refractivity contribution in [1.29, 1.82) is 0 Å². The number of nitrogens with two attached hydrogens (primary N) is 1. The third-order valence-electron chi connectivity index (χ3n) is 3.49. The highest BCUT2D eigenvalue weighted by Crippen LogP contribution is 2.24. The second kappa shape index (κ2) is 6.09. The summed E-state index contributed by atoms with van der Waals surface area (Å²) >= 11 is 0. The zero-order valence-electron chi connectivity index (χ0n) is 12.4. The molecule has 1 aromatic heterocycles. The molecule has 0 saturated carbocycles. The average molecular weight is 273 g/mol.